The first-order valence-corrected chi connectivity index (χ1v) is 6.87. The van der Waals surface area contributed by atoms with Crippen LogP contribution in [0, 0.1) is 0 Å². The van der Waals surface area contributed by atoms with Gasteiger partial charge in [0.05, 0.1) is 6.10 Å². The van der Waals surface area contributed by atoms with Crippen molar-refractivity contribution in [3.05, 3.63) is 55.6 Å². The molecule has 1 atom stereocenters. The van der Waals surface area contributed by atoms with Gasteiger partial charge in [0.2, 0.25) is 0 Å². The van der Waals surface area contributed by atoms with Crippen molar-refractivity contribution in [2.45, 2.75) is 12.5 Å². The molecular weight excluding hydrogens is 308 g/mol. The highest BCUT2D eigenvalue weighted by molar-refractivity contribution is 9.10. The Bertz CT molecular complexity index is 470. The minimum Gasteiger partial charge on any atom is -0.388 e. The molecule has 0 saturated heterocycles. The first kappa shape index (κ1) is 12.1. The molecule has 0 bridgehead atoms. The van der Waals surface area contributed by atoms with Gasteiger partial charge in [0.25, 0.3) is 0 Å². The molecule has 0 radical (unpaired) electrons. The van der Waals surface area contributed by atoms with Crippen LogP contribution in [0.5, 0.6) is 0 Å². The summed E-state index contributed by atoms with van der Waals surface area (Å²) in [4.78, 5) is 1.16. The van der Waals surface area contributed by atoms with Crippen molar-refractivity contribution in [1.29, 1.82) is 0 Å². The van der Waals surface area contributed by atoms with E-state index in [9.17, 15) is 5.11 Å². The Balaban J connectivity index is 2.17. The molecular formula is C12H10BrClOS. The van der Waals surface area contributed by atoms with Crippen LogP contribution in [0.1, 0.15) is 16.5 Å². The summed E-state index contributed by atoms with van der Waals surface area (Å²) in [6.07, 6.45) is 0.0678. The van der Waals surface area contributed by atoms with Crippen molar-refractivity contribution in [2.24, 2.45) is 0 Å². The first-order chi connectivity index (χ1) is 7.66. The van der Waals surface area contributed by atoms with Crippen molar-refractivity contribution >= 4 is 38.9 Å². The number of hydrogen-bond acceptors (Lipinski definition) is 2. The monoisotopic (exact) mass is 316 g/mol. The second-order valence-electron chi connectivity index (χ2n) is 3.47. The molecule has 1 heterocycles. The molecule has 84 valence electrons. The Morgan fingerprint density at radius 3 is 2.81 bits per heavy atom. The minimum atomic E-state index is -0.542. The highest BCUT2D eigenvalue weighted by atomic mass is 79.9. The summed E-state index contributed by atoms with van der Waals surface area (Å²) in [7, 11) is 0. The first-order valence-electron chi connectivity index (χ1n) is 4.82. The smallest absolute Gasteiger partial charge is 0.0852 e. The molecule has 0 fully saturated rings. The fourth-order valence-corrected chi connectivity index (χ4v) is 3.04. The van der Waals surface area contributed by atoms with E-state index in [0.29, 0.717) is 11.4 Å². The summed E-state index contributed by atoms with van der Waals surface area (Å²) >= 11 is 11.1. The maximum Gasteiger partial charge on any atom is 0.0852 e. The molecule has 4 heteroatoms. The molecule has 1 unspecified atom stereocenters. The van der Waals surface area contributed by atoms with Crippen molar-refractivity contribution in [2.75, 3.05) is 0 Å². The fraction of sp³-hybridized carbons (Fsp3) is 0.167. The van der Waals surface area contributed by atoms with E-state index in [1.807, 2.05) is 29.6 Å². The van der Waals surface area contributed by atoms with Gasteiger partial charge in [-0.2, -0.15) is 0 Å². The summed E-state index contributed by atoms with van der Waals surface area (Å²) in [5.74, 6) is 0. The van der Waals surface area contributed by atoms with Crippen LogP contribution in [0.15, 0.2) is 40.2 Å². The van der Waals surface area contributed by atoms with Crippen molar-refractivity contribution < 1.29 is 5.11 Å². The predicted molar refractivity (Wildman–Crippen MR) is 72.1 cm³/mol. The van der Waals surface area contributed by atoms with Gasteiger partial charge in [0.15, 0.2) is 0 Å². The molecule has 2 rings (SSSR count). The zero-order valence-corrected chi connectivity index (χ0v) is 11.5. The van der Waals surface area contributed by atoms with Gasteiger partial charge in [-0.15, -0.1) is 11.3 Å². The van der Waals surface area contributed by atoms with Crippen LogP contribution >= 0.6 is 38.9 Å². The topological polar surface area (TPSA) is 20.2 Å². The summed E-state index contributed by atoms with van der Waals surface area (Å²) in [5, 5.41) is 12.7. The maximum absolute atomic E-state index is 10.1. The zero-order valence-electron chi connectivity index (χ0n) is 8.36. The summed E-state index contributed by atoms with van der Waals surface area (Å²) in [6.45, 7) is 0. The average molecular weight is 318 g/mol. The molecule has 1 N–H and O–H groups in total. The quantitative estimate of drug-likeness (QED) is 0.887. The van der Waals surface area contributed by atoms with Gasteiger partial charge in [-0.1, -0.05) is 39.7 Å². The van der Waals surface area contributed by atoms with Crippen LogP contribution in [-0.4, -0.2) is 5.11 Å². The molecule has 2 aromatic rings. The molecule has 0 saturated carbocycles. The Morgan fingerprint density at radius 1 is 1.38 bits per heavy atom. The number of thiophene rings is 1. The normalized spacial score (nSPS) is 12.7. The SMILES string of the molecule is OC(Cc1cccs1)c1ccc(Br)cc1Cl. The number of aliphatic hydroxyl groups is 1. The van der Waals surface area contributed by atoms with Gasteiger partial charge in [-0.05, 0) is 29.1 Å². The summed E-state index contributed by atoms with van der Waals surface area (Å²) in [5.41, 5.74) is 0.776. The van der Waals surface area contributed by atoms with Gasteiger partial charge in [0, 0.05) is 20.8 Å². The fourth-order valence-electron chi connectivity index (χ4n) is 1.50. The van der Waals surface area contributed by atoms with E-state index in [1.54, 1.807) is 17.4 Å². The number of rotatable bonds is 3. The zero-order chi connectivity index (χ0) is 11.5. The number of aliphatic hydroxyl groups excluding tert-OH is 1. The lowest BCUT2D eigenvalue weighted by Crippen LogP contribution is -2.01. The highest BCUT2D eigenvalue weighted by Gasteiger charge is 2.12. The molecule has 0 aliphatic rings. The van der Waals surface area contributed by atoms with Crippen LogP contribution in [0.25, 0.3) is 0 Å². The van der Waals surface area contributed by atoms with E-state index in [2.05, 4.69) is 15.9 Å². The van der Waals surface area contributed by atoms with E-state index in [1.165, 1.54) is 0 Å². The van der Waals surface area contributed by atoms with Crippen LogP contribution in [0.3, 0.4) is 0 Å². The third-order valence-electron chi connectivity index (χ3n) is 2.30. The van der Waals surface area contributed by atoms with Crippen molar-refractivity contribution in [1.82, 2.24) is 0 Å². The van der Waals surface area contributed by atoms with Crippen molar-refractivity contribution in [3.63, 3.8) is 0 Å². The average Bonchev–Trinajstić information content (AvgIpc) is 2.70. The number of hydrogen-bond donors (Lipinski definition) is 1. The molecule has 0 spiro atoms. The number of benzene rings is 1. The van der Waals surface area contributed by atoms with Crippen LogP contribution in [-0.2, 0) is 6.42 Å². The van der Waals surface area contributed by atoms with Crippen LogP contribution in [0.4, 0.5) is 0 Å². The van der Waals surface area contributed by atoms with Gasteiger partial charge in [-0.3, -0.25) is 0 Å². The standard InChI is InChI=1S/C12H10BrClOS/c13-8-3-4-10(11(14)6-8)12(15)7-9-2-1-5-16-9/h1-6,12,15H,7H2. The summed E-state index contributed by atoms with van der Waals surface area (Å²) < 4.78 is 0.921. The lowest BCUT2D eigenvalue weighted by atomic mass is 10.1. The molecule has 0 aliphatic carbocycles. The third-order valence-corrected chi connectivity index (χ3v) is 4.02. The molecule has 0 amide bonds. The molecule has 1 nitrogen and oxygen atoms in total. The Labute approximate surface area is 112 Å². The Morgan fingerprint density at radius 2 is 2.19 bits per heavy atom. The maximum atomic E-state index is 10.1. The van der Waals surface area contributed by atoms with E-state index in [4.69, 9.17) is 11.6 Å². The minimum absolute atomic E-state index is 0.542. The van der Waals surface area contributed by atoms with Gasteiger partial charge in [0.1, 0.15) is 0 Å². The van der Waals surface area contributed by atoms with Crippen LogP contribution < -0.4 is 0 Å². The predicted octanol–water partition coefficient (Wildman–Crippen LogP) is 4.44. The largest absolute Gasteiger partial charge is 0.388 e. The number of halogens is 2. The summed E-state index contributed by atoms with van der Waals surface area (Å²) in [6, 6.07) is 9.54. The van der Waals surface area contributed by atoms with Crippen molar-refractivity contribution in [3.8, 4) is 0 Å². The molecule has 16 heavy (non-hydrogen) atoms. The second kappa shape index (κ2) is 5.32. The Kier molecular flexibility index (Phi) is 4.03. The third kappa shape index (κ3) is 2.86. The van der Waals surface area contributed by atoms with Gasteiger partial charge in [-0.25, -0.2) is 0 Å². The molecule has 1 aromatic heterocycles. The van der Waals surface area contributed by atoms with E-state index >= 15 is 0 Å². The van der Waals surface area contributed by atoms with E-state index in [-0.39, 0.29) is 0 Å². The van der Waals surface area contributed by atoms with Gasteiger partial charge >= 0.3 is 0 Å². The lowest BCUT2D eigenvalue weighted by molar-refractivity contribution is 0.179. The second-order valence-corrected chi connectivity index (χ2v) is 5.82. The van der Waals surface area contributed by atoms with E-state index in [0.717, 1.165) is 14.9 Å². The van der Waals surface area contributed by atoms with E-state index < -0.39 is 6.10 Å². The lowest BCUT2D eigenvalue weighted by Gasteiger charge is -2.11. The highest BCUT2D eigenvalue weighted by Crippen LogP contribution is 2.29. The van der Waals surface area contributed by atoms with Gasteiger partial charge < -0.3 is 5.11 Å². The van der Waals surface area contributed by atoms with Crippen LogP contribution in [0.2, 0.25) is 5.02 Å². The molecule has 0 aliphatic heterocycles. The Hall–Kier alpha value is -0.350. The molecule has 1 aromatic carbocycles.